The van der Waals surface area contributed by atoms with Crippen molar-refractivity contribution in [2.24, 2.45) is 0 Å². The Kier molecular flexibility index (Phi) is 3.14. The van der Waals surface area contributed by atoms with Crippen LogP contribution in [0.2, 0.25) is 0 Å². The van der Waals surface area contributed by atoms with E-state index in [1.807, 2.05) is 38.1 Å². The molecule has 2 nitrogen and oxygen atoms in total. The van der Waals surface area contributed by atoms with Gasteiger partial charge >= 0.3 is 0 Å². The van der Waals surface area contributed by atoms with Gasteiger partial charge < -0.3 is 0 Å². The second kappa shape index (κ2) is 4.44. The van der Waals surface area contributed by atoms with Crippen LogP contribution in [-0.2, 0) is 15.0 Å². The quantitative estimate of drug-likeness (QED) is 0.732. The smallest absolute Gasteiger partial charge is 0.150 e. The van der Waals surface area contributed by atoms with Gasteiger partial charge in [-0.1, -0.05) is 36.8 Å². The van der Waals surface area contributed by atoms with E-state index in [1.165, 1.54) is 5.56 Å². The first-order valence-electron chi connectivity index (χ1n) is 6.20. The lowest BCUT2D eigenvalue weighted by Crippen LogP contribution is -2.40. The fourth-order valence-electron chi connectivity index (χ4n) is 2.68. The molecule has 1 saturated carbocycles. The Balaban J connectivity index is 2.40. The molecule has 0 aliphatic heterocycles. The lowest BCUT2D eigenvalue weighted by atomic mass is 9.66. The molecule has 1 aliphatic carbocycles. The molecular formula is C15H18O2. The molecular weight excluding hydrogens is 212 g/mol. The third-order valence-electron chi connectivity index (χ3n) is 3.93. The molecule has 0 radical (unpaired) electrons. The molecule has 1 aromatic carbocycles. The predicted octanol–water partition coefficient (Wildman–Crippen LogP) is 2.96. The maximum absolute atomic E-state index is 12.2. The van der Waals surface area contributed by atoms with Gasteiger partial charge in [-0.3, -0.25) is 9.59 Å². The number of benzene rings is 1. The van der Waals surface area contributed by atoms with Crippen molar-refractivity contribution in [2.45, 2.75) is 44.9 Å². The van der Waals surface area contributed by atoms with Crippen LogP contribution >= 0.6 is 0 Å². The number of hydrogen-bond acceptors (Lipinski definition) is 2. The summed E-state index contributed by atoms with van der Waals surface area (Å²) in [7, 11) is 0. The predicted molar refractivity (Wildman–Crippen MR) is 67.0 cm³/mol. The van der Waals surface area contributed by atoms with Crippen LogP contribution in [0.1, 0.15) is 43.7 Å². The van der Waals surface area contributed by atoms with Crippen LogP contribution in [0.5, 0.6) is 0 Å². The molecule has 17 heavy (non-hydrogen) atoms. The lowest BCUT2D eigenvalue weighted by molar-refractivity contribution is -0.134. The second-order valence-electron chi connectivity index (χ2n) is 4.94. The van der Waals surface area contributed by atoms with Crippen LogP contribution in [0.25, 0.3) is 0 Å². The average Bonchev–Trinajstić information content (AvgIpc) is 2.31. The summed E-state index contributed by atoms with van der Waals surface area (Å²) in [4.78, 5) is 23.6. The Morgan fingerprint density at radius 2 is 1.82 bits per heavy atom. The van der Waals surface area contributed by atoms with Crippen molar-refractivity contribution >= 4 is 11.6 Å². The van der Waals surface area contributed by atoms with Crippen molar-refractivity contribution < 1.29 is 9.59 Å². The van der Waals surface area contributed by atoms with Crippen molar-refractivity contribution in [2.75, 3.05) is 0 Å². The van der Waals surface area contributed by atoms with E-state index < -0.39 is 5.41 Å². The fourth-order valence-corrected chi connectivity index (χ4v) is 2.68. The number of ketones is 2. The lowest BCUT2D eigenvalue weighted by Gasteiger charge is -2.34. The fraction of sp³-hybridized carbons (Fsp3) is 0.467. The normalized spacial score (nSPS) is 25.1. The number of Topliss-reactive ketones (excluding diaryl/α,β-unsaturated/α-hetero) is 2. The van der Waals surface area contributed by atoms with E-state index >= 15 is 0 Å². The molecule has 1 unspecified atom stereocenters. The molecule has 90 valence electrons. The third kappa shape index (κ3) is 2.04. The summed E-state index contributed by atoms with van der Waals surface area (Å²) in [5.41, 5.74) is 1.85. The van der Waals surface area contributed by atoms with Gasteiger partial charge in [0.05, 0.1) is 11.8 Å². The van der Waals surface area contributed by atoms with Crippen LogP contribution in [0, 0.1) is 6.92 Å². The van der Waals surface area contributed by atoms with Crippen LogP contribution in [0.4, 0.5) is 0 Å². The number of aryl methyl sites for hydroxylation is 1. The van der Waals surface area contributed by atoms with Gasteiger partial charge in [0, 0.05) is 6.42 Å². The van der Waals surface area contributed by atoms with Gasteiger partial charge in [-0.2, -0.15) is 0 Å². The Labute approximate surface area is 102 Å². The van der Waals surface area contributed by atoms with Crippen molar-refractivity contribution in [1.82, 2.24) is 0 Å². The van der Waals surface area contributed by atoms with E-state index in [1.54, 1.807) is 0 Å². The summed E-state index contributed by atoms with van der Waals surface area (Å²) in [6.45, 7) is 4.07. The first-order valence-corrected chi connectivity index (χ1v) is 6.20. The molecule has 1 fully saturated rings. The van der Waals surface area contributed by atoms with Crippen molar-refractivity contribution in [3.63, 3.8) is 0 Å². The van der Waals surface area contributed by atoms with Gasteiger partial charge in [-0.15, -0.1) is 0 Å². The molecule has 0 N–H and O–H groups in total. The van der Waals surface area contributed by atoms with Crippen molar-refractivity contribution in [3.8, 4) is 0 Å². The molecule has 0 aromatic heterocycles. The Morgan fingerprint density at radius 1 is 1.18 bits per heavy atom. The van der Waals surface area contributed by atoms with E-state index in [4.69, 9.17) is 0 Å². The van der Waals surface area contributed by atoms with Gasteiger partial charge in [0.2, 0.25) is 0 Å². The zero-order chi connectivity index (χ0) is 12.5. The molecule has 1 atom stereocenters. The highest BCUT2D eigenvalue weighted by Gasteiger charge is 2.42. The highest BCUT2D eigenvalue weighted by atomic mass is 16.2. The molecule has 0 amide bonds. The standard InChI is InChI=1S/C15H18O2/c1-3-15(9-8-13(16)10-14(15)17)12-6-4-11(2)5-7-12/h4-7H,3,8-10H2,1-2H3. The summed E-state index contributed by atoms with van der Waals surface area (Å²) < 4.78 is 0. The number of carbonyl (C=O) groups is 2. The molecule has 0 saturated heterocycles. The minimum Gasteiger partial charge on any atom is -0.299 e. The average molecular weight is 230 g/mol. The molecule has 0 bridgehead atoms. The summed E-state index contributed by atoms with van der Waals surface area (Å²) >= 11 is 0. The minimum atomic E-state index is -0.415. The van der Waals surface area contributed by atoms with Gasteiger partial charge in [0.25, 0.3) is 0 Å². The van der Waals surface area contributed by atoms with E-state index in [0.29, 0.717) is 12.8 Å². The van der Waals surface area contributed by atoms with Gasteiger partial charge in [0.1, 0.15) is 5.78 Å². The highest BCUT2D eigenvalue weighted by molar-refractivity contribution is 6.06. The minimum absolute atomic E-state index is 0.0891. The summed E-state index contributed by atoms with van der Waals surface area (Å²) in [6.07, 6.45) is 2.10. The second-order valence-corrected chi connectivity index (χ2v) is 4.94. The summed E-state index contributed by atoms with van der Waals surface area (Å²) in [6, 6.07) is 8.14. The SMILES string of the molecule is CCC1(c2ccc(C)cc2)CCC(=O)CC1=O. The molecule has 0 heterocycles. The van der Waals surface area contributed by atoms with Gasteiger partial charge in [-0.25, -0.2) is 0 Å². The van der Waals surface area contributed by atoms with Gasteiger partial charge in [-0.05, 0) is 25.3 Å². The van der Waals surface area contributed by atoms with Crippen LogP contribution in [0.15, 0.2) is 24.3 Å². The van der Waals surface area contributed by atoms with E-state index in [9.17, 15) is 9.59 Å². The number of hydrogen-bond donors (Lipinski definition) is 0. The van der Waals surface area contributed by atoms with E-state index in [2.05, 4.69) is 0 Å². The van der Waals surface area contributed by atoms with E-state index in [0.717, 1.165) is 12.0 Å². The summed E-state index contributed by atoms with van der Waals surface area (Å²) in [5.74, 6) is 0.186. The number of carbonyl (C=O) groups excluding carboxylic acids is 2. The topological polar surface area (TPSA) is 34.1 Å². The first kappa shape index (κ1) is 12.0. The van der Waals surface area contributed by atoms with Crippen LogP contribution in [-0.4, -0.2) is 11.6 Å². The maximum atomic E-state index is 12.2. The Bertz CT molecular complexity index is 444. The largest absolute Gasteiger partial charge is 0.299 e. The van der Waals surface area contributed by atoms with Crippen LogP contribution in [0.3, 0.4) is 0 Å². The van der Waals surface area contributed by atoms with E-state index in [-0.39, 0.29) is 18.0 Å². The molecule has 1 aliphatic rings. The monoisotopic (exact) mass is 230 g/mol. The molecule has 1 aromatic rings. The third-order valence-corrected chi connectivity index (χ3v) is 3.93. The first-order chi connectivity index (χ1) is 8.08. The zero-order valence-corrected chi connectivity index (χ0v) is 10.5. The zero-order valence-electron chi connectivity index (χ0n) is 10.5. The maximum Gasteiger partial charge on any atom is 0.150 e. The van der Waals surface area contributed by atoms with Crippen LogP contribution < -0.4 is 0 Å². The number of rotatable bonds is 2. The summed E-state index contributed by atoms with van der Waals surface area (Å²) in [5, 5.41) is 0. The Hall–Kier alpha value is -1.44. The molecule has 0 spiro atoms. The molecule has 2 heteroatoms. The highest BCUT2D eigenvalue weighted by Crippen LogP contribution is 2.38. The van der Waals surface area contributed by atoms with Crippen molar-refractivity contribution in [1.29, 1.82) is 0 Å². The van der Waals surface area contributed by atoms with Gasteiger partial charge in [0.15, 0.2) is 5.78 Å². The molecule has 2 rings (SSSR count). The van der Waals surface area contributed by atoms with Crippen molar-refractivity contribution in [3.05, 3.63) is 35.4 Å². The Morgan fingerprint density at radius 3 is 2.35 bits per heavy atom.